The van der Waals surface area contributed by atoms with Crippen molar-refractivity contribution in [3.63, 3.8) is 0 Å². The SMILES string of the molecule is COc1cccc(C(CN=C(N)NCCC(C)C)N(C)C)c1.I. The van der Waals surface area contributed by atoms with Crippen LogP contribution in [0.3, 0.4) is 0 Å². The molecule has 132 valence electrons. The van der Waals surface area contributed by atoms with Crippen molar-refractivity contribution < 1.29 is 4.74 Å². The number of likely N-dealkylation sites (N-methyl/N-ethyl adjacent to an activating group) is 1. The average molecular weight is 434 g/mol. The molecule has 0 fully saturated rings. The molecule has 0 aliphatic heterocycles. The number of methoxy groups -OCH3 is 1. The molecule has 0 aliphatic carbocycles. The number of hydrogen-bond donors (Lipinski definition) is 2. The van der Waals surface area contributed by atoms with Crippen molar-refractivity contribution in [2.24, 2.45) is 16.6 Å². The lowest BCUT2D eigenvalue weighted by Gasteiger charge is -2.23. The van der Waals surface area contributed by atoms with Crippen molar-refractivity contribution in [2.45, 2.75) is 26.3 Å². The number of rotatable bonds is 8. The summed E-state index contributed by atoms with van der Waals surface area (Å²) in [6, 6.07) is 8.24. The standard InChI is InChI=1S/C17H30N4O.HI/c1-13(2)9-10-19-17(18)20-12-16(21(3)4)14-7-6-8-15(11-14)22-5;/h6-8,11,13,16H,9-10,12H2,1-5H3,(H3,18,19,20);1H. The molecule has 1 aromatic carbocycles. The van der Waals surface area contributed by atoms with Gasteiger partial charge < -0.3 is 20.7 Å². The molecule has 0 spiro atoms. The second kappa shape index (κ2) is 11.5. The fourth-order valence-corrected chi connectivity index (χ4v) is 2.15. The first-order valence-corrected chi connectivity index (χ1v) is 7.78. The van der Waals surface area contributed by atoms with Gasteiger partial charge in [0, 0.05) is 6.54 Å². The van der Waals surface area contributed by atoms with Crippen LogP contribution >= 0.6 is 24.0 Å². The second-order valence-electron chi connectivity index (χ2n) is 6.09. The van der Waals surface area contributed by atoms with Gasteiger partial charge in [-0.25, -0.2) is 0 Å². The maximum Gasteiger partial charge on any atom is 0.188 e. The van der Waals surface area contributed by atoms with Gasteiger partial charge in [-0.15, -0.1) is 24.0 Å². The number of nitrogens with zero attached hydrogens (tertiary/aromatic N) is 2. The maximum atomic E-state index is 5.94. The Labute approximate surface area is 157 Å². The second-order valence-corrected chi connectivity index (χ2v) is 6.09. The molecule has 0 radical (unpaired) electrons. The molecule has 0 amide bonds. The average Bonchev–Trinajstić information content (AvgIpc) is 2.47. The molecule has 0 saturated heterocycles. The summed E-state index contributed by atoms with van der Waals surface area (Å²) in [7, 11) is 5.77. The molecule has 6 heteroatoms. The first kappa shape index (κ1) is 22.0. The molecule has 0 aromatic heterocycles. The third kappa shape index (κ3) is 8.41. The van der Waals surface area contributed by atoms with Crippen LogP contribution in [0, 0.1) is 5.92 Å². The van der Waals surface area contributed by atoms with Crippen LogP contribution in [0.4, 0.5) is 0 Å². The zero-order valence-corrected chi connectivity index (χ0v) is 17.2. The molecular formula is C17H31IN4O. The minimum Gasteiger partial charge on any atom is -0.497 e. The molecule has 23 heavy (non-hydrogen) atoms. The van der Waals surface area contributed by atoms with Gasteiger partial charge in [0.05, 0.1) is 19.7 Å². The van der Waals surface area contributed by atoms with Crippen LogP contribution in [0.5, 0.6) is 5.75 Å². The van der Waals surface area contributed by atoms with E-state index in [1.807, 2.05) is 32.3 Å². The molecule has 0 bridgehead atoms. The number of ether oxygens (including phenoxy) is 1. The third-order valence-electron chi connectivity index (χ3n) is 3.56. The quantitative estimate of drug-likeness (QED) is 0.375. The van der Waals surface area contributed by atoms with E-state index in [9.17, 15) is 0 Å². The van der Waals surface area contributed by atoms with Gasteiger partial charge in [0.2, 0.25) is 0 Å². The molecule has 0 saturated carbocycles. The number of aliphatic imine (C=N–C) groups is 1. The molecule has 1 aromatic rings. The van der Waals surface area contributed by atoms with Gasteiger partial charge in [-0.1, -0.05) is 26.0 Å². The molecule has 1 rings (SSSR count). The van der Waals surface area contributed by atoms with Gasteiger partial charge in [-0.05, 0) is 44.1 Å². The van der Waals surface area contributed by atoms with E-state index in [4.69, 9.17) is 10.5 Å². The zero-order chi connectivity index (χ0) is 16.5. The van der Waals surface area contributed by atoms with Gasteiger partial charge in [0.1, 0.15) is 5.75 Å². The summed E-state index contributed by atoms with van der Waals surface area (Å²) >= 11 is 0. The van der Waals surface area contributed by atoms with Crippen molar-refractivity contribution in [3.05, 3.63) is 29.8 Å². The zero-order valence-electron chi connectivity index (χ0n) is 14.9. The number of halogens is 1. The summed E-state index contributed by atoms with van der Waals surface area (Å²) in [6.07, 6.45) is 1.09. The molecule has 1 unspecified atom stereocenters. The lowest BCUT2D eigenvalue weighted by molar-refractivity contribution is 0.305. The first-order valence-electron chi connectivity index (χ1n) is 7.78. The highest BCUT2D eigenvalue weighted by atomic mass is 127. The van der Waals surface area contributed by atoms with E-state index in [0.717, 1.165) is 18.7 Å². The van der Waals surface area contributed by atoms with Gasteiger partial charge in [0.25, 0.3) is 0 Å². The van der Waals surface area contributed by atoms with E-state index < -0.39 is 0 Å². The normalized spacial score (nSPS) is 12.9. The highest BCUT2D eigenvalue weighted by molar-refractivity contribution is 14.0. The number of nitrogens with one attached hydrogen (secondary N) is 1. The van der Waals surface area contributed by atoms with Crippen molar-refractivity contribution >= 4 is 29.9 Å². The van der Waals surface area contributed by atoms with Crippen molar-refractivity contribution in [1.82, 2.24) is 10.2 Å². The third-order valence-corrected chi connectivity index (χ3v) is 3.56. The summed E-state index contributed by atoms with van der Waals surface area (Å²) in [5.74, 6) is 2.03. The smallest absolute Gasteiger partial charge is 0.188 e. The van der Waals surface area contributed by atoms with Crippen LogP contribution in [0.25, 0.3) is 0 Å². The van der Waals surface area contributed by atoms with E-state index in [0.29, 0.717) is 18.4 Å². The van der Waals surface area contributed by atoms with E-state index >= 15 is 0 Å². The Morgan fingerprint density at radius 2 is 2.04 bits per heavy atom. The van der Waals surface area contributed by atoms with Crippen molar-refractivity contribution in [1.29, 1.82) is 0 Å². The molecule has 0 heterocycles. The lowest BCUT2D eigenvalue weighted by atomic mass is 10.1. The Balaban J connectivity index is 0.00000484. The fraction of sp³-hybridized carbons (Fsp3) is 0.588. The predicted molar refractivity (Wildman–Crippen MR) is 109 cm³/mol. The first-order chi connectivity index (χ1) is 10.4. The Kier molecular flexibility index (Phi) is 11.0. The predicted octanol–water partition coefficient (Wildman–Crippen LogP) is 2.87. The van der Waals surface area contributed by atoms with E-state index in [1.165, 1.54) is 5.56 Å². The van der Waals surface area contributed by atoms with E-state index in [1.54, 1.807) is 7.11 Å². The summed E-state index contributed by atoms with van der Waals surface area (Å²) in [5, 5.41) is 3.17. The van der Waals surface area contributed by atoms with Crippen molar-refractivity contribution in [2.75, 3.05) is 34.3 Å². The fourth-order valence-electron chi connectivity index (χ4n) is 2.15. The monoisotopic (exact) mass is 434 g/mol. The minimum atomic E-state index is 0. The summed E-state index contributed by atoms with van der Waals surface area (Å²) in [6.45, 7) is 5.86. The molecule has 5 nitrogen and oxygen atoms in total. The summed E-state index contributed by atoms with van der Waals surface area (Å²) < 4.78 is 5.29. The van der Waals surface area contributed by atoms with Crippen LogP contribution in [0.1, 0.15) is 31.9 Å². The highest BCUT2D eigenvalue weighted by Crippen LogP contribution is 2.22. The van der Waals surface area contributed by atoms with Gasteiger partial charge in [-0.2, -0.15) is 0 Å². The van der Waals surface area contributed by atoms with Crippen LogP contribution in [-0.2, 0) is 0 Å². The molecular weight excluding hydrogens is 403 g/mol. The van der Waals surface area contributed by atoms with Gasteiger partial charge in [-0.3, -0.25) is 4.99 Å². The van der Waals surface area contributed by atoms with Gasteiger partial charge >= 0.3 is 0 Å². The van der Waals surface area contributed by atoms with E-state index in [-0.39, 0.29) is 30.0 Å². The van der Waals surface area contributed by atoms with E-state index in [2.05, 4.69) is 35.1 Å². The highest BCUT2D eigenvalue weighted by Gasteiger charge is 2.14. The summed E-state index contributed by atoms with van der Waals surface area (Å²) in [4.78, 5) is 6.61. The topological polar surface area (TPSA) is 62.9 Å². The number of guanidine groups is 1. The van der Waals surface area contributed by atoms with Crippen LogP contribution in [-0.4, -0.2) is 45.2 Å². The maximum absolute atomic E-state index is 5.94. The number of hydrogen-bond acceptors (Lipinski definition) is 3. The molecule has 1 atom stereocenters. The van der Waals surface area contributed by atoms with Crippen molar-refractivity contribution in [3.8, 4) is 5.75 Å². The number of nitrogens with two attached hydrogens (primary N) is 1. The van der Waals surface area contributed by atoms with Gasteiger partial charge in [0.15, 0.2) is 5.96 Å². The molecule has 3 N–H and O–H groups in total. The Bertz CT molecular complexity index is 477. The van der Waals surface area contributed by atoms with Crippen LogP contribution < -0.4 is 15.8 Å². The lowest BCUT2D eigenvalue weighted by Crippen LogP contribution is -2.34. The Morgan fingerprint density at radius 1 is 1.35 bits per heavy atom. The Hall–Kier alpha value is -1.02. The minimum absolute atomic E-state index is 0. The van der Waals surface area contributed by atoms with Crippen LogP contribution in [0.2, 0.25) is 0 Å². The summed E-state index contributed by atoms with van der Waals surface area (Å²) in [5.41, 5.74) is 7.11. The molecule has 0 aliphatic rings. The Morgan fingerprint density at radius 3 is 2.61 bits per heavy atom. The number of benzene rings is 1. The largest absolute Gasteiger partial charge is 0.497 e. The van der Waals surface area contributed by atoms with Crippen LogP contribution in [0.15, 0.2) is 29.3 Å².